The van der Waals surface area contributed by atoms with E-state index >= 15 is 0 Å². The molecule has 1 aliphatic rings. The van der Waals surface area contributed by atoms with Crippen LogP contribution in [-0.4, -0.2) is 56.6 Å². The van der Waals surface area contributed by atoms with E-state index in [-0.39, 0.29) is 5.75 Å². The summed E-state index contributed by atoms with van der Waals surface area (Å²) >= 11 is 0. The van der Waals surface area contributed by atoms with Crippen LogP contribution in [0.15, 0.2) is 48.7 Å². The van der Waals surface area contributed by atoms with Gasteiger partial charge in [-0.15, -0.1) is 0 Å². The van der Waals surface area contributed by atoms with Gasteiger partial charge >= 0.3 is 0 Å². The minimum absolute atomic E-state index is 0.0203. The molecule has 7 nitrogen and oxygen atoms in total. The van der Waals surface area contributed by atoms with Gasteiger partial charge < -0.3 is 9.80 Å². The number of anilines is 2. The van der Waals surface area contributed by atoms with Crippen molar-refractivity contribution in [1.29, 1.82) is 0 Å². The van der Waals surface area contributed by atoms with Gasteiger partial charge in [0.05, 0.1) is 17.6 Å². The largest absolute Gasteiger partial charge is 0.353 e. The molecule has 0 saturated carbocycles. The number of aryl methyl sites for hydroxylation is 1. The van der Waals surface area contributed by atoms with E-state index in [2.05, 4.69) is 14.6 Å². The van der Waals surface area contributed by atoms with Gasteiger partial charge in [0.1, 0.15) is 5.82 Å². The maximum atomic E-state index is 12.2. The van der Waals surface area contributed by atoms with Crippen molar-refractivity contribution in [2.24, 2.45) is 0 Å². The molecule has 0 spiro atoms. The minimum Gasteiger partial charge on any atom is -0.353 e. The van der Waals surface area contributed by atoms with Crippen molar-refractivity contribution < 1.29 is 13.2 Å². The highest BCUT2D eigenvalue weighted by Crippen LogP contribution is 2.17. The van der Waals surface area contributed by atoms with E-state index in [0.717, 1.165) is 17.8 Å². The van der Waals surface area contributed by atoms with Gasteiger partial charge in [-0.3, -0.25) is 9.52 Å². The maximum Gasteiger partial charge on any atom is 0.233 e. The summed E-state index contributed by atoms with van der Waals surface area (Å²) in [6, 6.07) is 13.0. The predicted molar refractivity (Wildman–Crippen MR) is 102 cm³/mol. The van der Waals surface area contributed by atoms with Gasteiger partial charge in [0.15, 0.2) is 0 Å². The number of amides is 1. The monoisotopic (exact) mass is 374 g/mol. The average molecular weight is 374 g/mol. The summed E-state index contributed by atoms with van der Waals surface area (Å²) in [6.45, 7) is 2.76. The molecule has 0 atom stereocenters. The molecule has 0 unspecified atom stereocenters. The quantitative estimate of drug-likeness (QED) is 0.740. The fourth-order valence-corrected chi connectivity index (χ4v) is 3.90. The highest BCUT2D eigenvalue weighted by atomic mass is 32.2. The van der Waals surface area contributed by atoms with Gasteiger partial charge in [0.2, 0.25) is 16.4 Å². The van der Waals surface area contributed by atoms with Crippen molar-refractivity contribution in [3.8, 4) is 0 Å². The zero-order chi connectivity index (χ0) is 18.4. The van der Waals surface area contributed by atoms with Crippen molar-refractivity contribution in [2.75, 3.05) is 41.6 Å². The zero-order valence-corrected chi connectivity index (χ0v) is 15.2. The molecule has 0 aliphatic carbocycles. The SMILES string of the molecule is O=CN1CCN(c2ccc(NS(=O)(=O)CCc3ccccc3)cn2)CC1. The Hall–Kier alpha value is -2.61. The van der Waals surface area contributed by atoms with Gasteiger partial charge in [-0.1, -0.05) is 30.3 Å². The number of benzene rings is 1. The van der Waals surface area contributed by atoms with Gasteiger partial charge in [-0.25, -0.2) is 13.4 Å². The van der Waals surface area contributed by atoms with Crippen LogP contribution in [0.3, 0.4) is 0 Å². The summed E-state index contributed by atoms with van der Waals surface area (Å²) in [5.41, 5.74) is 1.44. The van der Waals surface area contributed by atoms with Crippen LogP contribution in [0, 0.1) is 0 Å². The second-order valence-electron chi connectivity index (χ2n) is 6.19. The molecule has 0 bridgehead atoms. The molecule has 3 rings (SSSR count). The minimum atomic E-state index is -3.43. The maximum absolute atomic E-state index is 12.2. The topological polar surface area (TPSA) is 82.6 Å². The smallest absolute Gasteiger partial charge is 0.233 e. The lowest BCUT2D eigenvalue weighted by Crippen LogP contribution is -2.46. The van der Waals surface area contributed by atoms with E-state index in [4.69, 9.17) is 0 Å². The van der Waals surface area contributed by atoms with Crippen molar-refractivity contribution in [3.05, 3.63) is 54.2 Å². The number of aromatic nitrogens is 1. The molecule has 138 valence electrons. The summed E-state index contributed by atoms with van der Waals surface area (Å²) in [6.07, 6.45) is 2.85. The van der Waals surface area contributed by atoms with Crippen LogP contribution >= 0.6 is 0 Å². The van der Waals surface area contributed by atoms with E-state index in [1.165, 1.54) is 6.20 Å². The average Bonchev–Trinajstić information content (AvgIpc) is 2.68. The summed E-state index contributed by atoms with van der Waals surface area (Å²) in [7, 11) is -3.43. The van der Waals surface area contributed by atoms with E-state index < -0.39 is 10.0 Å². The third kappa shape index (κ3) is 4.95. The van der Waals surface area contributed by atoms with Crippen LogP contribution in [-0.2, 0) is 21.2 Å². The van der Waals surface area contributed by atoms with Gasteiger partial charge in [-0.05, 0) is 24.1 Å². The molecule has 2 aromatic rings. The van der Waals surface area contributed by atoms with Crippen molar-refractivity contribution in [2.45, 2.75) is 6.42 Å². The van der Waals surface area contributed by atoms with Gasteiger partial charge in [0.25, 0.3) is 0 Å². The molecule has 1 fully saturated rings. The van der Waals surface area contributed by atoms with Crippen LogP contribution in [0.1, 0.15) is 5.56 Å². The Morgan fingerprint density at radius 2 is 1.77 bits per heavy atom. The third-order valence-corrected chi connectivity index (χ3v) is 5.60. The van der Waals surface area contributed by atoms with E-state index in [1.807, 2.05) is 30.3 Å². The molecule has 1 aliphatic heterocycles. The van der Waals surface area contributed by atoms with Crippen molar-refractivity contribution >= 4 is 27.9 Å². The Bertz CT molecular complexity index is 817. The first-order valence-corrected chi connectivity index (χ1v) is 10.2. The zero-order valence-electron chi connectivity index (χ0n) is 14.4. The first kappa shape index (κ1) is 18.2. The van der Waals surface area contributed by atoms with Crippen LogP contribution in [0.2, 0.25) is 0 Å². The number of rotatable bonds is 7. The molecule has 1 saturated heterocycles. The molecule has 1 amide bonds. The highest BCUT2D eigenvalue weighted by Gasteiger charge is 2.17. The molecular formula is C18H22N4O3S. The Kier molecular flexibility index (Phi) is 5.72. The number of nitrogens with one attached hydrogen (secondary N) is 1. The lowest BCUT2D eigenvalue weighted by Gasteiger charge is -2.33. The number of piperazine rings is 1. The summed E-state index contributed by atoms with van der Waals surface area (Å²) in [5.74, 6) is 0.801. The second-order valence-corrected chi connectivity index (χ2v) is 8.03. The molecular weight excluding hydrogens is 352 g/mol. The molecule has 26 heavy (non-hydrogen) atoms. The highest BCUT2D eigenvalue weighted by molar-refractivity contribution is 7.92. The summed E-state index contributed by atoms with van der Waals surface area (Å²) < 4.78 is 27.1. The third-order valence-electron chi connectivity index (χ3n) is 4.31. The molecule has 1 N–H and O–H groups in total. The van der Waals surface area contributed by atoms with Crippen LogP contribution < -0.4 is 9.62 Å². The first-order valence-electron chi connectivity index (χ1n) is 8.50. The van der Waals surface area contributed by atoms with Gasteiger partial charge in [0, 0.05) is 26.2 Å². The molecule has 1 aromatic carbocycles. The summed E-state index contributed by atoms with van der Waals surface area (Å²) in [5, 5.41) is 0. The van der Waals surface area contributed by atoms with Crippen LogP contribution in [0.4, 0.5) is 11.5 Å². The molecule has 8 heteroatoms. The van der Waals surface area contributed by atoms with Gasteiger partial charge in [-0.2, -0.15) is 0 Å². The lowest BCUT2D eigenvalue weighted by molar-refractivity contribution is -0.118. The molecule has 0 radical (unpaired) electrons. The lowest BCUT2D eigenvalue weighted by atomic mass is 10.2. The Labute approximate surface area is 153 Å². The normalized spacial score (nSPS) is 14.9. The van der Waals surface area contributed by atoms with Crippen LogP contribution in [0.5, 0.6) is 0 Å². The second kappa shape index (κ2) is 8.18. The van der Waals surface area contributed by atoms with Crippen molar-refractivity contribution in [3.63, 3.8) is 0 Å². The molecule has 2 heterocycles. The number of carbonyl (C=O) groups excluding carboxylic acids is 1. The molecule has 1 aromatic heterocycles. The number of carbonyl (C=O) groups is 1. The van der Waals surface area contributed by atoms with Crippen LogP contribution in [0.25, 0.3) is 0 Å². The van der Waals surface area contributed by atoms with E-state index in [1.54, 1.807) is 17.0 Å². The number of hydrogen-bond acceptors (Lipinski definition) is 5. The Morgan fingerprint density at radius 1 is 1.04 bits per heavy atom. The number of sulfonamides is 1. The predicted octanol–water partition coefficient (Wildman–Crippen LogP) is 1.34. The van der Waals surface area contributed by atoms with E-state index in [9.17, 15) is 13.2 Å². The fourth-order valence-electron chi connectivity index (χ4n) is 2.82. The number of hydrogen-bond donors (Lipinski definition) is 1. The Balaban J connectivity index is 1.55. The number of nitrogens with zero attached hydrogens (tertiary/aromatic N) is 3. The fraction of sp³-hybridized carbons (Fsp3) is 0.333. The number of pyridine rings is 1. The standard InChI is InChI=1S/C18H22N4O3S/c23-15-21-9-11-22(12-10-21)18-7-6-17(14-19-18)20-26(24,25)13-8-16-4-2-1-3-5-16/h1-7,14-15,20H,8-13H2. The summed E-state index contributed by atoms with van der Waals surface area (Å²) in [4.78, 5) is 18.9. The van der Waals surface area contributed by atoms with E-state index in [0.29, 0.717) is 38.3 Å². The van der Waals surface area contributed by atoms with Crippen molar-refractivity contribution in [1.82, 2.24) is 9.88 Å². The first-order chi connectivity index (χ1) is 12.6. The Morgan fingerprint density at radius 3 is 2.38 bits per heavy atom.